The monoisotopic (exact) mass is 292 g/mol. The number of hydrogen-bond acceptors (Lipinski definition) is 3. The van der Waals surface area contributed by atoms with Gasteiger partial charge in [0.1, 0.15) is 5.69 Å². The Morgan fingerprint density at radius 3 is 2.71 bits per heavy atom. The van der Waals surface area contributed by atoms with E-state index in [-0.39, 0.29) is 5.97 Å². The maximum Gasteiger partial charge on any atom is 0.356 e. The molecule has 0 atom stereocenters. The smallest absolute Gasteiger partial charge is 0.356 e. The number of nitrogens with zero attached hydrogens (tertiary/aromatic N) is 2. The molecule has 1 aliphatic carbocycles. The third kappa shape index (κ3) is 4.32. The van der Waals surface area contributed by atoms with E-state index >= 15 is 0 Å². The van der Waals surface area contributed by atoms with Gasteiger partial charge in [-0.3, -0.25) is 4.68 Å². The Bertz CT molecular complexity index is 448. The third-order valence-electron chi connectivity index (χ3n) is 4.23. The molecule has 118 valence electrons. The molecule has 1 aliphatic rings. The highest BCUT2D eigenvalue weighted by Gasteiger charge is 2.23. The van der Waals surface area contributed by atoms with E-state index in [1.807, 2.05) is 17.7 Å². The highest BCUT2D eigenvalue weighted by molar-refractivity contribution is 5.87. The highest BCUT2D eigenvalue weighted by atomic mass is 16.5. The molecule has 1 heterocycles. The zero-order valence-corrected chi connectivity index (χ0v) is 13.4. The first kappa shape index (κ1) is 16.1. The third-order valence-corrected chi connectivity index (χ3v) is 4.23. The number of hydrogen-bond donors (Lipinski definition) is 0. The number of rotatable bonds is 7. The first-order chi connectivity index (χ1) is 10.3. The minimum absolute atomic E-state index is 0.225. The van der Waals surface area contributed by atoms with E-state index in [9.17, 15) is 4.79 Å². The van der Waals surface area contributed by atoms with Crippen molar-refractivity contribution in [3.8, 4) is 0 Å². The number of esters is 1. The van der Waals surface area contributed by atoms with Crippen LogP contribution in [0.1, 0.15) is 87.4 Å². The van der Waals surface area contributed by atoms with E-state index < -0.39 is 0 Å². The fourth-order valence-corrected chi connectivity index (χ4v) is 3.08. The van der Waals surface area contributed by atoms with Crippen LogP contribution in [0.4, 0.5) is 0 Å². The Balaban J connectivity index is 2.15. The Morgan fingerprint density at radius 1 is 1.29 bits per heavy atom. The second-order valence-electron chi connectivity index (χ2n) is 5.93. The summed E-state index contributed by atoms with van der Waals surface area (Å²) in [4.78, 5) is 12.2. The molecule has 4 heteroatoms. The van der Waals surface area contributed by atoms with Crippen LogP contribution in [0, 0.1) is 0 Å². The minimum Gasteiger partial charge on any atom is -0.461 e. The van der Waals surface area contributed by atoms with Gasteiger partial charge in [-0.05, 0) is 38.7 Å². The summed E-state index contributed by atoms with van der Waals surface area (Å²) in [7, 11) is 0. The lowest BCUT2D eigenvalue weighted by Crippen LogP contribution is -2.20. The molecular formula is C17H28N2O2. The maximum absolute atomic E-state index is 12.2. The van der Waals surface area contributed by atoms with Crippen LogP contribution in [0.25, 0.3) is 0 Å². The molecule has 0 aromatic carbocycles. The average Bonchev–Trinajstić information content (AvgIpc) is 2.93. The van der Waals surface area contributed by atoms with Crippen molar-refractivity contribution in [2.75, 3.05) is 6.61 Å². The zero-order chi connectivity index (χ0) is 15.1. The second kappa shape index (κ2) is 8.20. The van der Waals surface area contributed by atoms with E-state index in [0.29, 0.717) is 18.3 Å². The van der Waals surface area contributed by atoms with Crippen molar-refractivity contribution in [3.63, 3.8) is 0 Å². The fourth-order valence-electron chi connectivity index (χ4n) is 3.08. The molecule has 0 saturated heterocycles. The number of carbonyl (C=O) groups is 1. The maximum atomic E-state index is 12.2. The topological polar surface area (TPSA) is 44.1 Å². The van der Waals surface area contributed by atoms with Crippen LogP contribution < -0.4 is 0 Å². The molecule has 0 radical (unpaired) electrons. The summed E-state index contributed by atoms with van der Waals surface area (Å²) in [6.07, 6.45) is 10.5. The zero-order valence-electron chi connectivity index (χ0n) is 13.4. The number of unbranched alkanes of at least 4 members (excludes halogenated alkanes) is 2. The summed E-state index contributed by atoms with van der Waals surface area (Å²) in [5.74, 6) is -0.225. The van der Waals surface area contributed by atoms with Crippen LogP contribution >= 0.6 is 0 Å². The van der Waals surface area contributed by atoms with Crippen molar-refractivity contribution in [1.82, 2.24) is 9.78 Å². The molecule has 0 N–H and O–H groups in total. The standard InChI is InChI=1S/C17H28N2O2/c1-3-5-7-10-14-13-16(17(20)21-4-2)19(18-14)15-11-8-6-9-12-15/h13,15H,3-12H2,1-2H3. The molecular weight excluding hydrogens is 264 g/mol. The molecule has 21 heavy (non-hydrogen) atoms. The second-order valence-corrected chi connectivity index (χ2v) is 5.93. The Hall–Kier alpha value is -1.32. The number of aryl methyl sites for hydroxylation is 1. The SMILES string of the molecule is CCCCCc1cc(C(=O)OCC)n(C2CCCCC2)n1. The van der Waals surface area contributed by atoms with Gasteiger partial charge in [0.15, 0.2) is 0 Å². The molecule has 2 rings (SSSR count). The van der Waals surface area contributed by atoms with Gasteiger partial charge in [0.25, 0.3) is 0 Å². The predicted octanol–water partition coefficient (Wildman–Crippen LogP) is 4.30. The van der Waals surface area contributed by atoms with Crippen molar-refractivity contribution in [1.29, 1.82) is 0 Å². The largest absolute Gasteiger partial charge is 0.461 e. The van der Waals surface area contributed by atoms with Gasteiger partial charge >= 0.3 is 5.97 Å². The van der Waals surface area contributed by atoms with E-state index in [0.717, 1.165) is 31.4 Å². The first-order valence-corrected chi connectivity index (χ1v) is 8.51. The van der Waals surface area contributed by atoms with Crippen molar-refractivity contribution in [3.05, 3.63) is 17.5 Å². The normalized spacial score (nSPS) is 16.1. The van der Waals surface area contributed by atoms with E-state index in [4.69, 9.17) is 9.84 Å². The van der Waals surface area contributed by atoms with Crippen molar-refractivity contribution in [2.45, 2.75) is 77.7 Å². The van der Waals surface area contributed by atoms with Gasteiger partial charge in [-0.15, -0.1) is 0 Å². The Kier molecular flexibility index (Phi) is 6.27. The van der Waals surface area contributed by atoms with Gasteiger partial charge in [-0.2, -0.15) is 5.10 Å². The van der Waals surface area contributed by atoms with Crippen molar-refractivity contribution < 1.29 is 9.53 Å². The summed E-state index contributed by atoms with van der Waals surface area (Å²) >= 11 is 0. The molecule has 0 aliphatic heterocycles. The van der Waals surface area contributed by atoms with Crippen LogP contribution in [0.5, 0.6) is 0 Å². The Morgan fingerprint density at radius 2 is 2.05 bits per heavy atom. The van der Waals surface area contributed by atoms with E-state index in [1.165, 1.54) is 32.1 Å². The van der Waals surface area contributed by atoms with Gasteiger partial charge in [-0.1, -0.05) is 39.0 Å². The van der Waals surface area contributed by atoms with Gasteiger partial charge < -0.3 is 4.74 Å². The van der Waals surface area contributed by atoms with Gasteiger partial charge in [0.05, 0.1) is 18.3 Å². The van der Waals surface area contributed by atoms with Crippen molar-refractivity contribution in [2.24, 2.45) is 0 Å². The van der Waals surface area contributed by atoms with Crippen LogP contribution in [-0.4, -0.2) is 22.4 Å². The molecule has 4 nitrogen and oxygen atoms in total. The molecule has 1 aromatic heterocycles. The summed E-state index contributed by atoms with van der Waals surface area (Å²) in [6, 6.07) is 2.32. The van der Waals surface area contributed by atoms with Crippen LogP contribution in [-0.2, 0) is 11.2 Å². The number of ether oxygens (including phenoxy) is 1. The molecule has 1 saturated carbocycles. The quantitative estimate of drug-likeness (QED) is 0.556. The summed E-state index contributed by atoms with van der Waals surface area (Å²) in [6.45, 7) is 4.46. The lowest BCUT2D eigenvalue weighted by molar-refractivity contribution is 0.0506. The molecule has 1 fully saturated rings. The molecule has 1 aromatic rings. The number of aromatic nitrogens is 2. The van der Waals surface area contributed by atoms with Crippen LogP contribution in [0.2, 0.25) is 0 Å². The van der Waals surface area contributed by atoms with Crippen LogP contribution in [0.15, 0.2) is 6.07 Å². The first-order valence-electron chi connectivity index (χ1n) is 8.51. The average molecular weight is 292 g/mol. The molecule has 0 amide bonds. The van der Waals surface area contributed by atoms with Gasteiger partial charge in [0, 0.05) is 0 Å². The Labute approximate surface area is 127 Å². The summed E-state index contributed by atoms with van der Waals surface area (Å²) < 4.78 is 7.16. The van der Waals surface area contributed by atoms with Crippen LogP contribution in [0.3, 0.4) is 0 Å². The summed E-state index contributed by atoms with van der Waals surface area (Å²) in [5, 5.41) is 4.72. The molecule has 0 unspecified atom stereocenters. The predicted molar refractivity (Wildman–Crippen MR) is 83.5 cm³/mol. The van der Waals surface area contributed by atoms with E-state index in [1.54, 1.807) is 0 Å². The van der Waals surface area contributed by atoms with Gasteiger partial charge in [0.2, 0.25) is 0 Å². The van der Waals surface area contributed by atoms with Gasteiger partial charge in [-0.25, -0.2) is 4.79 Å². The minimum atomic E-state index is -0.225. The van der Waals surface area contributed by atoms with E-state index in [2.05, 4.69) is 6.92 Å². The highest BCUT2D eigenvalue weighted by Crippen LogP contribution is 2.29. The lowest BCUT2D eigenvalue weighted by Gasteiger charge is -2.23. The molecule has 0 spiro atoms. The van der Waals surface area contributed by atoms with Crippen molar-refractivity contribution >= 4 is 5.97 Å². The molecule has 0 bridgehead atoms. The summed E-state index contributed by atoms with van der Waals surface area (Å²) in [5.41, 5.74) is 1.69. The number of carbonyl (C=O) groups excluding carboxylic acids is 1. The fraction of sp³-hybridized carbons (Fsp3) is 0.765. The lowest BCUT2D eigenvalue weighted by atomic mass is 9.95.